The zero-order chi connectivity index (χ0) is 17.5. The maximum Gasteiger partial charge on any atom is 0.240 e. The van der Waals surface area contributed by atoms with Crippen molar-refractivity contribution in [3.8, 4) is 0 Å². The molecule has 0 aliphatic rings. The van der Waals surface area contributed by atoms with Crippen LogP contribution in [0.15, 0.2) is 65.2 Å². The van der Waals surface area contributed by atoms with E-state index in [4.69, 9.17) is 4.52 Å². The molecule has 0 amide bonds. The number of rotatable bonds is 8. The van der Waals surface area contributed by atoms with Crippen LogP contribution in [-0.4, -0.2) is 33.3 Å². The van der Waals surface area contributed by atoms with Gasteiger partial charge in [-0.3, -0.25) is 4.90 Å². The first-order valence-electron chi connectivity index (χ1n) is 8.52. The topological polar surface area (TPSA) is 62.4 Å². The maximum absolute atomic E-state index is 9.33. The molecule has 5 heteroatoms. The highest BCUT2D eigenvalue weighted by Gasteiger charge is 2.24. The van der Waals surface area contributed by atoms with Gasteiger partial charge < -0.3 is 9.63 Å². The predicted molar refractivity (Wildman–Crippen MR) is 95.9 cm³/mol. The van der Waals surface area contributed by atoms with Gasteiger partial charge in [-0.25, -0.2) is 0 Å². The molecule has 0 spiro atoms. The summed E-state index contributed by atoms with van der Waals surface area (Å²) in [5.41, 5.74) is 2.39. The van der Waals surface area contributed by atoms with Gasteiger partial charge in [0, 0.05) is 13.2 Å². The van der Waals surface area contributed by atoms with Crippen LogP contribution in [-0.2, 0) is 6.54 Å². The van der Waals surface area contributed by atoms with E-state index >= 15 is 0 Å². The van der Waals surface area contributed by atoms with Crippen molar-refractivity contribution < 1.29 is 9.63 Å². The molecular formula is C20H23N3O2. The highest BCUT2D eigenvalue weighted by Crippen LogP contribution is 2.30. The van der Waals surface area contributed by atoms with Gasteiger partial charge in [0.2, 0.25) is 5.89 Å². The molecule has 0 saturated heterocycles. The van der Waals surface area contributed by atoms with Gasteiger partial charge in [0.25, 0.3) is 0 Å². The molecule has 2 aromatic carbocycles. The molecule has 0 aliphatic carbocycles. The Morgan fingerprint density at radius 1 is 1.00 bits per heavy atom. The van der Waals surface area contributed by atoms with Crippen molar-refractivity contribution in [1.82, 2.24) is 15.0 Å². The molecule has 130 valence electrons. The molecule has 0 bridgehead atoms. The van der Waals surface area contributed by atoms with E-state index in [1.807, 2.05) is 43.3 Å². The van der Waals surface area contributed by atoms with Crippen LogP contribution >= 0.6 is 0 Å². The number of hydrogen-bond donors (Lipinski definition) is 1. The fourth-order valence-corrected chi connectivity index (χ4v) is 3.04. The summed E-state index contributed by atoms with van der Waals surface area (Å²) in [5.74, 6) is 1.22. The van der Waals surface area contributed by atoms with E-state index in [1.54, 1.807) is 0 Å². The standard InChI is InChI=1S/C20H23N3O2/c1-16-21-19(25-22-16)15-23(13-8-14-24)20(17-9-4-2-5-10-17)18-11-6-3-7-12-18/h2-7,9-12,20,24H,8,13-15H2,1H3. The van der Waals surface area contributed by atoms with Crippen molar-refractivity contribution in [2.24, 2.45) is 0 Å². The third-order valence-corrected chi connectivity index (χ3v) is 4.11. The van der Waals surface area contributed by atoms with Gasteiger partial charge in [0.1, 0.15) is 0 Å². The molecule has 5 nitrogen and oxygen atoms in total. The first kappa shape index (κ1) is 17.3. The number of aromatic nitrogens is 2. The highest BCUT2D eigenvalue weighted by molar-refractivity contribution is 5.31. The molecule has 1 aromatic heterocycles. The summed E-state index contributed by atoms with van der Waals surface area (Å²) < 4.78 is 5.33. The zero-order valence-electron chi connectivity index (χ0n) is 14.4. The highest BCUT2D eigenvalue weighted by atomic mass is 16.5. The third kappa shape index (κ3) is 4.53. The van der Waals surface area contributed by atoms with Gasteiger partial charge in [-0.05, 0) is 24.5 Å². The Hall–Kier alpha value is -2.50. The lowest BCUT2D eigenvalue weighted by atomic mass is 9.96. The number of aliphatic hydroxyl groups excluding tert-OH is 1. The number of benzene rings is 2. The van der Waals surface area contributed by atoms with E-state index in [9.17, 15) is 5.11 Å². The fraction of sp³-hybridized carbons (Fsp3) is 0.300. The van der Waals surface area contributed by atoms with Crippen LogP contribution in [0.1, 0.15) is 35.3 Å². The first-order valence-corrected chi connectivity index (χ1v) is 8.52. The maximum atomic E-state index is 9.33. The van der Waals surface area contributed by atoms with Crippen molar-refractivity contribution in [3.05, 3.63) is 83.5 Å². The molecule has 1 N–H and O–H groups in total. The minimum Gasteiger partial charge on any atom is -0.396 e. The molecular weight excluding hydrogens is 314 g/mol. The van der Waals surface area contributed by atoms with Gasteiger partial charge in [-0.2, -0.15) is 4.98 Å². The first-order chi connectivity index (χ1) is 12.3. The molecule has 0 saturated carbocycles. The summed E-state index contributed by atoms with van der Waals surface area (Å²) in [6.07, 6.45) is 0.684. The van der Waals surface area contributed by atoms with Crippen LogP contribution in [0.25, 0.3) is 0 Å². The summed E-state index contributed by atoms with van der Waals surface area (Å²) in [6.45, 7) is 3.23. The summed E-state index contributed by atoms with van der Waals surface area (Å²) in [7, 11) is 0. The molecule has 0 fully saturated rings. The number of nitrogens with zero attached hydrogens (tertiary/aromatic N) is 3. The van der Waals surface area contributed by atoms with E-state index in [1.165, 1.54) is 11.1 Å². The lowest BCUT2D eigenvalue weighted by Crippen LogP contribution is -2.31. The number of aryl methyl sites for hydroxylation is 1. The Balaban J connectivity index is 1.96. The smallest absolute Gasteiger partial charge is 0.240 e. The monoisotopic (exact) mass is 337 g/mol. The van der Waals surface area contributed by atoms with Crippen molar-refractivity contribution in [2.75, 3.05) is 13.2 Å². The average molecular weight is 337 g/mol. The molecule has 0 aliphatic heterocycles. The van der Waals surface area contributed by atoms with Gasteiger partial charge in [0.15, 0.2) is 5.82 Å². The van der Waals surface area contributed by atoms with E-state index < -0.39 is 0 Å². The Morgan fingerprint density at radius 3 is 2.08 bits per heavy atom. The van der Waals surface area contributed by atoms with E-state index in [2.05, 4.69) is 39.3 Å². The molecule has 0 radical (unpaired) electrons. The summed E-state index contributed by atoms with van der Waals surface area (Å²) >= 11 is 0. The van der Waals surface area contributed by atoms with E-state index in [-0.39, 0.29) is 12.6 Å². The van der Waals surface area contributed by atoms with Gasteiger partial charge in [0.05, 0.1) is 12.6 Å². The lowest BCUT2D eigenvalue weighted by molar-refractivity contribution is 0.167. The van der Waals surface area contributed by atoms with Gasteiger partial charge in [-0.15, -0.1) is 0 Å². The van der Waals surface area contributed by atoms with Crippen LogP contribution in [0, 0.1) is 6.92 Å². The van der Waals surface area contributed by atoms with Crippen LogP contribution in [0.3, 0.4) is 0 Å². The summed E-state index contributed by atoms with van der Waals surface area (Å²) in [4.78, 5) is 6.62. The van der Waals surface area contributed by atoms with Crippen molar-refractivity contribution in [3.63, 3.8) is 0 Å². The Morgan fingerprint density at radius 2 is 1.60 bits per heavy atom. The molecule has 0 unspecified atom stereocenters. The molecule has 0 atom stereocenters. The van der Waals surface area contributed by atoms with Crippen LogP contribution in [0.2, 0.25) is 0 Å². The normalized spacial score (nSPS) is 11.4. The molecule has 1 heterocycles. The second-order valence-corrected chi connectivity index (χ2v) is 6.01. The third-order valence-electron chi connectivity index (χ3n) is 4.11. The van der Waals surface area contributed by atoms with Crippen molar-refractivity contribution in [1.29, 1.82) is 0 Å². The summed E-state index contributed by atoms with van der Waals surface area (Å²) in [5, 5.41) is 13.2. The Labute approximate surface area is 147 Å². The Bertz CT molecular complexity index is 719. The van der Waals surface area contributed by atoms with Crippen LogP contribution < -0.4 is 0 Å². The van der Waals surface area contributed by atoms with Gasteiger partial charge >= 0.3 is 0 Å². The summed E-state index contributed by atoms with van der Waals surface area (Å²) in [6, 6.07) is 20.8. The minimum atomic E-state index is 0.0566. The SMILES string of the molecule is Cc1noc(CN(CCCO)C(c2ccccc2)c2ccccc2)n1. The van der Waals surface area contributed by atoms with Gasteiger partial charge in [-0.1, -0.05) is 65.8 Å². The predicted octanol–water partition coefficient (Wildman–Crippen LogP) is 3.35. The average Bonchev–Trinajstić information content (AvgIpc) is 3.06. The number of hydrogen-bond acceptors (Lipinski definition) is 5. The van der Waals surface area contributed by atoms with E-state index in [0.29, 0.717) is 24.7 Å². The lowest BCUT2D eigenvalue weighted by Gasteiger charge is -2.31. The second-order valence-electron chi connectivity index (χ2n) is 6.01. The van der Waals surface area contributed by atoms with Crippen LogP contribution in [0.5, 0.6) is 0 Å². The number of aliphatic hydroxyl groups is 1. The molecule has 25 heavy (non-hydrogen) atoms. The Kier molecular flexibility index (Phi) is 5.93. The minimum absolute atomic E-state index is 0.0566. The second kappa shape index (κ2) is 8.55. The van der Waals surface area contributed by atoms with Crippen molar-refractivity contribution >= 4 is 0 Å². The van der Waals surface area contributed by atoms with Crippen molar-refractivity contribution in [2.45, 2.75) is 25.9 Å². The molecule has 3 aromatic rings. The fourth-order valence-electron chi connectivity index (χ4n) is 3.04. The quantitative estimate of drug-likeness (QED) is 0.683. The molecule has 3 rings (SSSR count). The zero-order valence-corrected chi connectivity index (χ0v) is 14.4. The largest absolute Gasteiger partial charge is 0.396 e. The van der Waals surface area contributed by atoms with Crippen LogP contribution in [0.4, 0.5) is 0 Å². The van der Waals surface area contributed by atoms with E-state index in [0.717, 1.165) is 6.54 Å².